The number of alkyl halides is 1. The number of halogens is 3. The molecule has 0 heterocycles. The molecule has 0 nitrogen and oxygen atoms in total. The zero-order valence-corrected chi connectivity index (χ0v) is 13.8. The summed E-state index contributed by atoms with van der Waals surface area (Å²) >= 11 is 7.08. The lowest BCUT2D eigenvalue weighted by molar-refractivity contribution is 0.271. The van der Waals surface area contributed by atoms with Crippen molar-refractivity contribution in [3.8, 4) is 0 Å². The van der Waals surface area contributed by atoms with Gasteiger partial charge in [0.05, 0.1) is 4.47 Å². The first kappa shape index (κ1) is 14.5. The summed E-state index contributed by atoms with van der Waals surface area (Å²) in [7, 11) is 0. The van der Waals surface area contributed by atoms with Crippen molar-refractivity contribution in [3.63, 3.8) is 0 Å². The van der Waals surface area contributed by atoms with Crippen molar-refractivity contribution in [1.82, 2.24) is 0 Å². The predicted molar refractivity (Wildman–Crippen MR) is 81.6 cm³/mol. The molecule has 0 aromatic heterocycles. The van der Waals surface area contributed by atoms with E-state index in [-0.39, 0.29) is 5.82 Å². The molecule has 1 fully saturated rings. The molecule has 1 aliphatic carbocycles. The fraction of sp³-hybridized carbons (Fsp3) is 0.600. The van der Waals surface area contributed by atoms with Gasteiger partial charge < -0.3 is 0 Å². The summed E-state index contributed by atoms with van der Waals surface area (Å²) in [6.45, 7) is 2.28. The summed E-state index contributed by atoms with van der Waals surface area (Å²) < 4.78 is 13.8. The second-order valence-electron chi connectivity index (χ2n) is 5.32. The zero-order chi connectivity index (χ0) is 13.1. The highest BCUT2D eigenvalue weighted by atomic mass is 79.9. The normalized spacial score (nSPS) is 28.3. The quantitative estimate of drug-likeness (QED) is 0.591. The molecule has 1 aromatic rings. The highest BCUT2D eigenvalue weighted by Crippen LogP contribution is 2.37. The average Bonchev–Trinajstić information content (AvgIpc) is 2.36. The molecule has 3 heteroatoms. The molecule has 1 saturated carbocycles. The van der Waals surface area contributed by atoms with Crippen molar-refractivity contribution in [2.24, 2.45) is 11.8 Å². The Bertz CT molecular complexity index is 405. The second kappa shape index (κ2) is 6.51. The van der Waals surface area contributed by atoms with Crippen LogP contribution in [0.5, 0.6) is 0 Å². The van der Waals surface area contributed by atoms with Crippen molar-refractivity contribution < 1.29 is 4.39 Å². The fourth-order valence-electron chi connectivity index (χ4n) is 2.88. The largest absolute Gasteiger partial charge is 0.206 e. The topological polar surface area (TPSA) is 0 Å². The summed E-state index contributed by atoms with van der Waals surface area (Å²) in [4.78, 5) is 0.615. The third-order valence-electron chi connectivity index (χ3n) is 4.06. The first-order valence-electron chi connectivity index (χ1n) is 6.68. The molecule has 0 aliphatic heterocycles. The van der Waals surface area contributed by atoms with Gasteiger partial charge in [0.1, 0.15) is 5.82 Å². The van der Waals surface area contributed by atoms with Crippen LogP contribution < -0.4 is 0 Å². The Labute approximate surface area is 126 Å². The maximum Gasteiger partial charge on any atom is 0.137 e. The molecule has 1 aromatic carbocycles. The van der Waals surface area contributed by atoms with E-state index in [4.69, 9.17) is 0 Å². The molecule has 0 radical (unpaired) electrons. The average molecular weight is 378 g/mol. The molecule has 18 heavy (non-hydrogen) atoms. The van der Waals surface area contributed by atoms with Crippen LogP contribution in [0.15, 0.2) is 22.7 Å². The van der Waals surface area contributed by atoms with Crippen LogP contribution in [0.25, 0.3) is 0 Å². The van der Waals surface area contributed by atoms with E-state index >= 15 is 0 Å². The van der Waals surface area contributed by atoms with Crippen LogP contribution in [0.4, 0.5) is 4.39 Å². The van der Waals surface area contributed by atoms with E-state index in [1.54, 1.807) is 6.07 Å². The van der Waals surface area contributed by atoms with E-state index in [2.05, 4.69) is 38.8 Å². The molecular formula is C15H19Br2F. The summed E-state index contributed by atoms with van der Waals surface area (Å²) in [5, 5.41) is 0. The molecule has 0 spiro atoms. The molecule has 2 rings (SSSR count). The van der Waals surface area contributed by atoms with E-state index in [9.17, 15) is 4.39 Å². The van der Waals surface area contributed by atoms with Gasteiger partial charge in [-0.2, -0.15) is 0 Å². The molecule has 100 valence electrons. The van der Waals surface area contributed by atoms with Gasteiger partial charge in [0.2, 0.25) is 0 Å². The zero-order valence-electron chi connectivity index (χ0n) is 10.6. The van der Waals surface area contributed by atoms with Crippen molar-refractivity contribution in [2.75, 3.05) is 0 Å². The standard InChI is InChI=1S/C15H19Br2F/c1-2-10-3-5-13(16)12(7-10)8-11-4-6-15(18)14(17)9-11/h4,6,9-10,12-13H,2-3,5,7-8H2,1H3. The van der Waals surface area contributed by atoms with E-state index in [0.717, 1.165) is 12.3 Å². The third kappa shape index (κ3) is 3.57. The van der Waals surface area contributed by atoms with Crippen LogP contribution in [0.2, 0.25) is 0 Å². The smallest absolute Gasteiger partial charge is 0.137 e. The first-order chi connectivity index (χ1) is 8.60. The molecule has 0 saturated heterocycles. The minimum Gasteiger partial charge on any atom is -0.206 e. The summed E-state index contributed by atoms with van der Waals surface area (Å²) in [6.07, 6.45) is 6.23. The van der Waals surface area contributed by atoms with Crippen LogP contribution in [-0.2, 0) is 6.42 Å². The van der Waals surface area contributed by atoms with Gasteiger partial charge in [0, 0.05) is 4.83 Å². The fourth-order valence-corrected chi connectivity index (χ4v) is 3.97. The van der Waals surface area contributed by atoms with Crippen molar-refractivity contribution in [2.45, 2.75) is 43.9 Å². The number of hydrogen-bond donors (Lipinski definition) is 0. The maximum absolute atomic E-state index is 13.2. The van der Waals surface area contributed by atoms with Crippen LogP contribution in [0.1, 0.15) is 38.2 Å². The Hall–Kier alpha value is 0.110. The van der Waals surface area contributed by atoms with Gasteiger partial charge in [-0.1, -0.05) is 35.3 Å². The van der Waals surface area contributed by atoms with Gasteiger partial charge in [-0.05, 0) is 71.1 Å². The molecule has 0 N–H and O–H groups in total. The molecular weight excluding hydrogens is 359 g/mol. The molecule has 0 bridgehead atoms. The minimum atomic E-state index is -0.177. The minimum absolute atomic E-state index is 0.177. The van der Waals surface area contributed by atoms with E-state index in [1.165, 1.54) is 31.2 Å². The second-order valence-corrected chi connectivity index (χ2v) is 7.35. The molecule has 3 unspecified atom stereocenters. The predicted octanol–water partition coefficient (Wildman–Crippen LogP) is 5.72. The third-order valence-corrected chi connectivity index (χ3v) is 5.87. The highest BCUT2D eigenvalue weighted by Gasteiger charge is 2.28. The lowest BCUT2D eigenvalue weighted by atomic mass is 9.77. The van der Waals surface area contributed by atoms with Gasteiger partial charge in [-0.15, -0.1) is 0 Å². The molecule has 1 aliphatic rings. The summed E-state index contributed by atoms with van der Waals surface area (Å²) in [5.41, 5.74) is 1.23. The monoisotopic (exact) mass is 376 g/mol. The Balaban J connectivity index is 2.04. The molecule has 3 atom stereocenters. The van der Waals surface area contributed by atoms with Gasteiger partial charge >= 0.3 is 0 Å². The Kier molecular flexibility index (Phi) is 5.25. The van der Waals surface area contributed by atoms with Crippen LogP contribution >= 0.6 is 31.9 Å². The SMILES string of the molecule is CCC1CCC(Br)C(Cc2ccc(F)c(Br)c2)C1. The number of hydrogen-bond acceptors (Lipinski definition) is 0. The Morgan fingerprint density at radius 2 is 2.11 bits per heavy atom. The van der Waals surface area contributed by atoms with Gasteiger partial charge in [0.15, 0.2) is 0 Å². The van der Waals surface area contributed by atoms with Crippen LogP contribution in [0, 0.1) is 17.7 Å². The lowest BCUT2D eigenvalue weighted by Gasteiger charge is -2.33. The van der Waals surface area contributed by atoms with Crippen molar-refractivity contribution >= 4 is 31.9 Å². The number of benzene rings is 1. The van der Waals surface area contributed by atoms with Crippen molar-refractivity contribution in [1.29, 1.82) is 0 Å². The summed E-state index contributed by atoms with van der Waals surface area (Å²) in [5.74, 6) is 1.37. The van der Waals surface area contributed by atoms with Gasteiger partial charge in [-0.25, -0.2) is 4.39 Å². The summed E-state index contributed by atoms with van der Waals surface area (Å²) in [6, 6.07) is 5.39. The van der Waals surface area contributed by atoms with E-state index in [0.29, 0.717) is 15.2 Å². The maximum atomic E-state index is 13.2. The van der Waals surface area contributed by atoms with E-state index < -0.39 is 0 Å². The van der Waals surface area contributed by atoms with Gasteiger partial charge in [0.25, 0.3) is 0 Å². The highest BCUT2D eigenvalue weighted by molar-refractivity contribution is 9.10. The Morgan fingerprint density at radius 1 is 1.33 bits per heavy atom. The van der Waals surface area contributed by atoms with Crippen molar-refractivity contribution in [3.05, 3.63) is 34.1 Å². The van der Waals surface area contributed by atoms with Gasteiger partial charge in [-0.3, -0.25) is 0 Å². The van der Waals surface area contributed by atoms with Crippen LogP contribution in [-0.4, -0.2) is 4.83 Å². The van der Waals surface area contributed by atoms with E-state index in [1.807, 2.05) is 12.1 Å². The molecule has 0 amide bonds. The first-order valence-corrected chi connectivity index (χ1v) is 8.39. The van der Waals surface area contributed by atoms with Crippen LogP contribution in [0.3, 0.4) is 0 Å². The Morgan fingerprint density at radius 3 is 2.78 bits per heavy atom. The number of rotatable bonds is 3. The lowest BCUT2D eigenvalue weighted by Crippen LogP contribution is -2.26.